The summed E-state index contributed by atoms with van der Waals surface area (Å²) < 4.78 is 48.5. The van der Waals surface area contributed by atoms with E-state index in [9.17, 15) is 12.8 Å². The zero-order valence-corrected chi connectivity index (χ0v) is 16.5. The van der Waals surface area contributed by atoms with Gasteiger partial charge in [-0.2, -0.15) is 9.40 Å². The number of benzene rings is 1. The van der Waals surface area contributed by atoms with E-state index in [-0.39, 0.29) is 18.8 Å². The molecule has 1 aliphatic rings. The van der Waals surface area contributed by atoms with Gasteiger partial charge in [0.05, 0.1) is 30.8 Å². The highest BCUT2D eigenvalue weighted by molar-refractivity contribution is 7.88. The minimum atomic E-state index is -3.72. The fraction of sp³-hybridized carbons (Fsp3) is 0.350. The summed E-state index contributed by atoms with van der Waals surface area (Å²) in [6.45, 7) is 0.275. The summed E-state index contributed by atoms with van der Waals surface area (Å²) in [7, 11) is -1.82. The van der Waals surface area contributed by atoms with Gasteiger partial charge in [-0.15, -0.1) is 0 Å². The smallest absolute Gasteiger partial charge is 0.219 e. The molecule has 0 unspecified atom stereocenters. The van der Waals surface area contributed by atoms with Gasteiger partial charge in [0.15, 0.2) is 0 Å². The van der Waals surface area contributed by atoms with Crippen molar-refractivity contribution < 1.29 is 17.2 Å². The van der Waals surface area contributed by atoms with E-state index in [2.05, 4.69) is 5.10 Å². The fourth-order valence-electron chi connectivity index (χ4n) is 3.75. The van der Waals surface area contributed by atoms with Crippen LogP contribution in [0.2, 0.25) is 0 Å². The van der Waals surface area contributed by atoms with Gasteiger partial charge in [-0.3, -0.25) is 4.68 Å². The van der Waals surface area contributed by atoms with Crippen LogP contribution in [0.5, 0.6) is 0 Å². The Kier molecular flexibility index (Phi) is 5.07. The topological polar surface area (TPSA) is 68.3 Å². The maximum absolute atomic E-state index is 13.5. The molecule has 1 aliphatic carbocycles. The Balaban J connectivity index is 1.64. The van der Waals surface area contributed by atoms with Crippen molar-refractivity contribution in [3.05, 3.63) is 76.8 Å². The van der Waals surface area contributed by atoms with E-state index >= 15 is 0 Å². The summed E-state index contributed by atoms with van der Waals surface area (Å²) in [4.78, 5) is 0. The Hall–Kier alpha value is -2.45. The lowest BCUT2D eigenvalue weighted by molar-refractivity contribution is 0.353. The van der Waals surface area contributed by atoms with Crippen molar-refractivity contribution in [2.75, 3.05) is 0 Å². The van der Waals surface area contributed by atoms with Gasteiger partial charge in [0, 0.05) is 12.7 Å². The minimum absolute atomic E-state index is 0.107. The van der Waals surface area contributed by atoms with Gasteiger partial charge in [0.2, 0.25) is 10.0 Å². The molecule has 3 aromatic rings. The minimum Gasteiger partial charge on any atom is -0.468 e. The van der Waals surface area contributed by atoms with E-state index in [4.69, 9.17) is 4.42 Å². The van der Waals surface area contributed by atoms with E-state index in [1.165, 1.54) is 34.5 Å². The highest BCUT2D eigenvalue weighted by Crippen LogP contribution is 2.27. The van der Waals surface area contributed by atoms with Crippen LogP contribution in [0.3, 0.4) is 0 Å². The summed E-state index contributed by atoms with van der Waals surface area (Å²) in [5, 5.41) is 4.56. The van der Waals surface area contributed by atoms with Crippen LogP contribution in [0, 0.1) is 5.82 Å². The molecule has 0 aliphatic heterocycles. The largest absolute Gasteiger partial charge is 0.468 e. The lowest BCUT2D eigenvalue weighted by Crippen LogP contribution is -2.31. The SMILES string of the molecule is Cn1nc(CN(Cc2ccco2)S(=O)(=O)Cc2cccc(F)c2)c2c1CCC2. The van der Waals surface area contributed by atoms with Crippen LogP contribution in [0.15, 0.2) is 47.1 Å². The Morgan fingerprint density at radius 1 is 1.21 bits per heavy atom. The normalized spacial score (nSPS) is 14.0. The molecule has 0 fully saturated rings. The second-order valence-corrected chi connectivity index (χ2v) is 9.05. The van der Waals surface area contributed by atoms with Crippen LogP contribution in [-0.2, 0) is 48.8 Å². The highest BCUT2D eigenvalue weighted by atomic mass is 32.2. The van der Waals surface area contributed by atoms with Crippen LogP contribution >= 0.6 is 0 Å². The monoisotopic (exact) mass is 403 g/mol. The Bertz CT molecular complexity index is 1070. The van der Waals surface area contributed by atoms with Gasteiger partial charge in [-0.1, -0.05) is 12.1 Å². The quantitative estimate of drug-likeness (QED) is 0.608. The molecule has 148 valence electrons. The molecule has 6 nitrogen and oxygen atoms in total. The lowest BCUT2D eigenvalue weighted by Gasteiger charge is -2.21. The van der Waals surface area contributed by atoms with E-state index in [1.807, 2.05) is 11.7 Å². The third-order valence-electron chi connectivity index (χ3n) is 5.07. The Morgan fingerprint density at radius 3 is 2.82 bits per heavy atom. The third-order valence-corrected chi connectivity index (χ3v) is 6.81. The van der Waals surface area contributed by atoms with Gasteiger partial charge in [0.1, 0.15) is 11.6 Å². The summed E-state index contributed by atoms with van der Waals surface area (Å²) in [5.74, 6) is -0.177. The van der Waals surface area contributed by atoms with Crippen LogP contribution in [-0.4, -0.2) is 22.5 Å². The summed E-state index contributed by atoms with van der Waals surface area (Å²) >= 11 is 0. The van der Waals surface area contributed by atoms with Crippen LogP contribution in [0.4, 0.5) is 4.39 Å². The van der Waals surface area contributed by atoms with Crippen LogP contribution in [0.25, 0.3) is 0 Å². The molecule has 0 saturated heterocycles. The first-order valence-corrected chi connectivity index (χ1v) is 10.8. The molecule has 0 saturated carbocycles. The van der Waals surface area contributed by atoms with Crippen molar-refractivity contribution in [3.63, 3.8) is 0 Å². The molecule has 1 aromatic carbocycles. The van der Waals surface area contributed by atoms with Crippen molar-refractivity contribution in [1.82, 2.24) is 14.1 Å². The van der Waals surface area contributed by atoms with Crippen molar-refractivity contribution in [2.45, 2.75) is 38.1 Å². The van der Waals surface area contributed by atoms with E-state index in [0.717, 1.165) is 30.5 Å². The lowest BCUT2D eigenvalue weighted by atomic mass is 10.2. The molecule has 0 atom stereocenters. The van der Waals surface area contributed by atoms with Crippen molar-refractivity contribution >= 4 is 10.0 Å². The van der Waals surface area contributed by atoms with Crippen LogP contribution < -0.4 is 0 Å². The summed E-state index contributed by atoms with van der Waals surface area (Å²) in [6, 6.07) is 9.15. The van der Waals surface area contributed by atoms with Gasteiger partial charge >= 0.3 is 0 Å². The molecule has 0 amide bonds. The maximum Gasteiger partial charge on any atom is 0.219 e. The molecule has 8 heteroatoms. The number of aromatic nitrogens is 2. The molecular formula is C20H22FN3O3S. The third kappa shape index (κ3) is 3.88. The average Bonchev–Trinajstić information content (AvgIpc) is 3.35. The first-order chi connectivity index (χ1) is 13.4. The molecule has 2 aromatic heterocycles. The number of rotatable bonds is 7. The van der Waals surface area contributed by atoms with Gasteiger partial charge in [-0.05, 0) is 54.7 Å². The van der Waals surface area contributed by atoms with Crippen LogP contribution in [0.1, 0.15) is 34.7 Å². The molecule has 4 rings (SSSR count). The van der Waals surface area contributed by atoms with E-state index < -0.39 is 15.8 Å². The number of nitrogens with zero attached hydrogens (tertiary/aromatic N) is 3. The molecule has 0 bridgehead atoms. The molecule has 28 heavy (non-hydrogen) atoms. The number of hydrogen-bond acceptors (Lipinski definition) is 4. The first-order valence-electron chi connectivity index (χ1n) is 9.20. The standard InChI is InChI=1S/C20H22FN3O3S/c1-23-20-9-3-8-18(20)19(22-23)13-24(12-17-7-4-10-27-17)28(25,26)14-15-5-2-6-16(21)11-15/h2,4-7,10-11H,3,8-9,12-14H2,1H3. The summed E-state index contributed by atoms with van der Waals surface area (Å²) in [6.07, 6.45) is 4.46. The average molecular weight is 403 g/mol. The number of furan rings is 1. The number of sulfonamides is 1. The maximum atomic E-state index is 13.5. The van der Waals surface area contributed by atoms with Gasteiger partial charge in [0.25, 0.3) is 0 Å². The molecule has 2 heterocycles. The van der Waals surface area contributed by atoms with Gasteiger partial charge in [-0.25, -0.2) is 12.8 Å². The fourth-order valence-corrected chi connectivity index (χ4v) is 5.18. The first kappa shape index (κ1) is 18.9. The Labute approximate surface area is 163 Å². The van der Waals surface area contributed by atoms with E-state index in [1.54, 1.807) is 18.2 Å². The second kappa shape index (κ2) is 7.52. The molecule has 0 N–H and O–H groups in total. The zero-order chi connectivity index (χ0) is 19.7. The number of halogens is 1. The molecule has 0 radical (unpaired) electrons. The van der Waals surface area contributed by atoms with Crippen molar-refractivity contribution in [1.29, 1.82) is 0 Å². The predicted octanol–water partition coefficient (Wildman–Crippen LogP) is 3.17. The number of aryl methyl sites for hydroxylation is 1. The second-order valence-electron chi connectivity index (χ2n) is 7.08. The number of fused-ring (bicyclic) bond motifs is 1. The predicted molar refractivity (Wildman–Crippen MR) is 102 cm³/mol. The van der Waals surface area contributed by atoms with Crippen molar-refractivity contribution in [3.8, 4) is 0 Å². The van der Waals surface area contributed by atoms with Gasteiger partial charge < -0.3 is 4.42 Å². The summed E-state index contributed by atoms with van der Waals surface area (Å²) in [5.41, 5.74) is 3.52. The van der Waals surface area contributed by atoms with Crippen molar-refractivity contribution in [2.24, 2.45) is 7.05 Å². The number of hydrogen-bond donors (Lipinski definition) is 0. The molecular weight excluding hydrogens is 381 g/mol. The molecule has 0 spiro atoms. The van der Waals surface area contributed by atoms with E-state index in [0.29, 0.717) is 11.3 Å². The Morgan fingerprint density at radius 2 is 2.07 bits per heavy atom. The zero-order valence-electron chi connectivity index (χ0n) is 15.6. The highest BCUT2D eigenvalue weighted by Gasteiger charge is 2.28.